The molecule has 5 rings (SSSR count). The minimum Gasteiger partial charge on any atom is -0.457 e. The van der Waals surface area contributed by atoms with Crippen molar-refractivity contribution < 1.29 is 4.74 Å². The lowest BCUT2D eigenvalue weighted by Crippen LogP contribution is -1.98. The van der Waals surface area contributed by atoms with Crippen molar-refractivity contribution in [1.82, 2.24) is 9.97 Å². The van der Waals surface area contributed by atoms with Crippen molar-refractivity contribution in [2.24, 2.45) is 0 Å². The summed E-state index contributed by atoms with van der Waals surface area (Å²) in [6.45, 7) is 0. The Bertz CT molecular complexity index is 932. The number of nitrogens with one attached hydrogen (secondary N) is 1. The molecule has 3 heterocycles. The van der Waals surface area contributed by atoms with Gasteiger partial charge in [-0.3, -0.25) is 0 Å². The molecule has 0 atom stereocenters. The fourth-order valence-corrected chi connectivity index (χ4v) is 3.04. The van der Waals surface area contributed by atoms with Gasteiger partial charge in [-0.15, -0.1) is 0 Å². The number of hydrogen-bond donors (Lipinski definition) is 1. The molecule has 0 fully saturated rings. The normalized spacial score (nSPS) is 11.7. The summed E-state index contributed by atoms with van der Waals surface area (Å²) in [4.78, 5) is 9.42. The van der Waals surface area contributed by atoms with Crippen LogP contribution in [-0.4, -0.2) is 9.97 Å². The quantitative estimate of drug-likeness (QED) is 0.396. The van der Waals surface area contributed by atoms with E-state index in [4.69, 9.17) is 14.7 Å². The van der Waals surface area contributed by atoms with Crippen LogP contribution in [-0.2, 0) is 0 Å². The van der Waals surface area contributed by atoms with Crippen LogP contribution in [0.5, 0.6) is 11.5 Å². The molecule has 0 amide bonds. The summed E-state index contributed by atoms with van der Waals surface area (Å²) < 4.78 is 6.08. The molecule has 0 unspecified atom stereocenters. The fourth-order valence-electron chi connectivity index (χ4n) is 3.04. The Morgan fingerprint density at radius 1 is 0.577 bits per heavy atom. The van der Waals surface area contributed by atoms with E-state index in [1.54, 1.807) is 0 Å². The second-order valence-electron chi connectivity index (χ2n) is 6.10. The van der Waals surface area contributed by atoms with Gasteiger partial charge < -0.3 is 10.1 Å². The number of anilines is 2. The van der Waals surface area contributed by atoms with Gasteiger partial charge >= 0.3 is 0 Å². The van der Waals surface area contributed by atoms with Gasteiger partial charge in [0.25, 0.3) is 0 Å². The molecule has 4 heteroatoms. The predicted molar refractivity (Wildman–Crippen MR) is 103 cm³/mol. The van der Waals surface area contributed by atoms with E-state index in [1.165, 1.54) is 0 Å². The Hall–Kier alpha value is -3.66. The summed E-state index contributed by atoms with van der Waals surface area (Å²) in [6, 6.07) is 27.7. The lowest BCUT2D eigenvalue weighted by atomic mass is 10.1. The first-order valence-electron chi connectivity index (χ1n) is 8.43. The topological polar surface area (TPSA) is 47.0 Å². The van der Waals surface area contributed by atoms with Crippen LogP contribution in [0.2, 0.25) is 0 Å². The van der Waals surface area contributed by atoms with E-state index < -0.39 is 0 Å². The zero-order valence-electron chi connectivity index (χ0n) is 13.9. The second-order valence-corrected chi connectivity index (χ2v) is 6.10. The van der Waals surface area contributed by atoms with Crippen LogP contribution >= 0.6 is 0 Å². The average Bonchev–Trinajstić information content (AvgIpc) is 2.68. The van der Waals surface area contributed by atoms with Crippen LogP contribution < -0.4 is 10.1 Å². The van der Waals surface area contributed by atoms with E-state index in [9.17, 15) is 0 Å². The maximum absolute atomic E-state index is 6.08. The minimum atomic E-state index is 0.754. The van der Waals surface area contributed by atoms with Crippen molar-refractivity contribution in [2.45, 2.75) is 0 Å². The summed E-state index contributed by atoms with van der Waals surface area (Å²) >= 11 is 0. The lowest BCUT2D eigenvalue weighted by Gasteiger charge is -2.12. The maximum Gasteiger partial charge on any atom is 0.132 e. The van der Waals surface area contributed by atoms with Crippen molar-refractivity contribution >= 4 is 11.6 Å². The largest absolute Gasteiger partial charge is 0.457 e. The van der Waals surface area contributed by atoms with Crippen molar-refractivity contribution in [1.29, 1.82) is 0 Å². The smallest absolute Gasteiger partial charge is 0.132 e. The molecule has 4 nitrogen and oxygen atoms in total. The van der Waals surface area contributed by atoms with E-state index in [-0.39, 0.29) is 0 Å². The highest BCUT2D eigenvalue weighted by Crippen LogP contribution is 2.30. The van der Waals surface area contributed by atoms with Gasteiger partial charge in [-0.05, 0) is 48.5 Å². The molecule has 4 aromatic rings. The van der Waals surface area contributed by atoms with Gasteiger partial charge in [0.05, 0.1) is 11.4 Å². The number of benzene rings is 2. The molecule has 2 aromatic carbocycles. The Labute approximate surface area is 151 Å². The van der Waals surface area contributed by atoms with Crippen molar-refractivity contribution in [3.8, 4) is 34.0 Å². The van der Waals surface area contributed by atoms with Gasteiger partial charge in [0.1, 0.15) is 23.1 Å². The lowest BCUT2D eigenvalue weighted by molar-refractivity contribution is 0.483. The SMILES string of the molecule is c1cc2cc(c1)-c1cccc(n1)Nc1cccc(n1)-c1cccc(c1)O2. The zero-order valence-corrected chi connectivity index (χ0v) is 13.9. The van der Waals surface area contributed by atoms with Crippen LogP contribution in [0.25, 0.3) is 22.5 Å². The fraction of sp³-hybridized carbons (Fsp3) is 0. The third kappa shape index (κ3) is 2.78. The third-order valence-corrected chi connectivity index (χ3v) is 4.25. The van der Waals surface area contributed by atoms with Crippen LogP contribution in [0.1, 0.15) is 0 Å². The van der Waals surface area contributed by atoms with Crippen molar-refractivity contribution in [3.63, 3.8) is 0 Å². The number of nitrogens with zero attached hydrogens (tertiary/aromatic N) is 2. The van der Waals surface area contributed by atoms with Gasteiger partial charge in [0.2, 0.25) is 0 Å². The standard InChI is InChI=1S/C22H15N3O/c1-5-15-13-17(7-1)26-18-8-2-6-16(14-18)20-10-4-12-22(24-20)25-21-11-3-9-19(15)23-21/h1-14H,(H,23,24,25). The first kappa shape index (κ1) is 14.7. The average molecular weight is 337 g/mol. The molecule has 8 bridgehead atoms. The van der Waals surface area contributed by atoms with Crippen LogP contribution in [0.3, 0.4) is 0 Å². The molecule has 124 valence electrons. The summed E-state index contributed by atoms with van der Waals surface area (Å²) in [6.07, 6.45) is 0. The molecule has 1 aliphatic heterocycles. The Morgan fingerprint density at radius 3 is 1.62 bits per heavy atom. The number of ether oxygens (including phenoxy) is 1. The van der Waals surface area contributed by atoms with E-state index in [2.05, 4.69) is 5.32 Å². The predicted octanol–water partition coefficient (Wildman–Crippen LogP) is 5.66. The van der Waals surface area contributed by atoms with Gasteiger partial charge in [0, 0.05) is 11.1 Å². The highest BCUT2D eigenvalue weighted by molar-refractivity contribution is 5.67. The minimum absolute atomic E-state index is 0.754. The van der Waals surface area contributed by atoms with Crippen LogP contribution in [0.4, 0.5) is 11.6 Å². The van der Waals surface area contributed by atoms with Crippen molar-refractivity contribution in [3.05, 3.63) is 84.9 Å². The summed E-state index contributed by atoms with van der Waals surface area (Å²) in [5, 5.41) is 3.30. The molecular formula is C22H15N3O. The Morgan fingerprint density at radius 2 is 1.08 bits per heavy atom. The van der Waals surface area contributed by atoms with Crippen LogP contribution in [0.15, 0.2) is 84.9 Å². The molecule has 0 saturated carbocycles. The number of rotatable bonds is 0. The van der Waals surface area contributed by atoms with Gasteiger partial charge in [-0.1, -0.05) is 36.4 Å². The number of fused-ring (bicyclic) bond motifs is 10. The van der Waals surface area contributed by atoms with E-state index in [0.717, 1.165) is 45.6 Å². The molecule has 0 aliphatic carbocycles. The van der Waals surface area contributed by atoms with E-state index in [0.29, 0.717) is 0 Å². The molecule has 1 N–H and O–H groups in total. The first-order chi connectivity index (χ1) is 12.8. The zero-order chi connectivity index (χ0) is 17.3. The second kappa shape index (κ2) is 6.01. The highest BCUT2D eigenvalue weighted by Gasteiger charge is 2.08. The molecular weight excluding hydrogens is 322 g/mol. The summed E-state index contributed by atoms with van der Waals surface area (Å²) in [5.74, 6) is 3.06. The molecule has 0 spiro atoms. The number of hydrogen-bond acceptors (Lipinski definition) is 4. The Balaban J connectivity index is 1.73. The van der Waals surface area contributed by atoms with Crippen LogP contribution in [0, 0.1) is 0 Å². The van der Waals surface area contributed by atoms with Gasteiger partial charge in [0.15, 0.2) is 0 Å². The molecule has 1 aliphatic rings. The highest BCUT2D eigenvalue weighted by atomic mass is 16.5. The third-order valence-electron chi connectivity index (χ3n) is 4.25. The molecule has 26 heavy (non-hydrogen) atoms. The number of pyridine rings is 2. The Kier molecular flexibility index (Phi) is 3.39. The summed E-state index contributed by atoms with van der Waals surface area (Å²) in [7, 11) is 0. The summed E-state index contributed by atoms with van der Waals surface area (Å²) in [5.41, 5.74) is 3.76. The molecule has 0 saturated heterocycles. The van der Waals surface area contributed by atoms with E-state index >= 15 is 0 Å². The number of aromatic nitrogens is 2. The maximum atomic E-state index is 6.08. The molecule has 0 radical (unpaired) electrons. The van der Waals surface area contributed by atoms with Gasteiger partial charge in [-0.25, -0.2) is 9.97 Å². The van der Waals surface area contributed by atoms with Crippen molar-refractivity contribution in [2.75, 3.05) is 5.32 Å². The van der Waals surface area contributed by atoms with E-state index in [1.807, 2.05) is 84.9 Å². The first-order valence-corrected chi connectivity index (χ1v) is 8.43. The van der Waals surface area contributed by atoms with Gasteiger partial charge in [-0.2, -0.15) is 0 Å². The monoisotopic (exact) mass is 337 g/mol. The molecule has 2 aromatic heterocycles.